The molecular formula is C23H50NO6P. The highest BCUT2D eigenvalue weighted by Crippen LogP contribution is 2.45. The molecule has 0 heterocycles. The van der Waals surface area contributed by atoms with Crippen LogP contribution in [0.5, 0.6) is 0 Å². The number of phosphoric acid groups is 1. The molecule has 7 nitrogen and oxygen atoms in total. The van der Waals surface area contributed by atoms with Crippen molar-refractivity contribution < 1.29 is 28.7 Å². The number of phosphoric ester groups is 1. The van der Waals surface area contributed by atoms with Crippen molar-refractivity contribution in [3.63, 3.8) is 0 Å². The van der Waals surface area contributed by atoms with Crippen molar-refractivity contribution in [1.29, 1.82) is 0 Å². The van der Waals surface area contributed by atoms with E-state index in [2.05, 4.69) is 11.4 Å². The van der Waals surface area contributed by atoms with Crippen LogP contribution in [0.25, 0.3) is 0 Å². The molecule has 0 aromatic carbocycles. The molecule has 0 saturated carbocycles. The lowest BCUT2D eigenvalue weighted by molar-refractivity contribution is 0.0285. The Morgan fingerprint density at radius 1 is 0.806 bits per heavy atom. The molecule has 0 aromatic rings. The van der Waals surface area contributed by atoms with Gasteiger partial charge in [0.1, 0.15) is 6.10 Å². The van der Waals surface area contributed by atoms with Gasteiger partial charge in [-0.3, -0.25) is 9.05 Å². The highest BCUT2D eigenvalue weighted by atomic mass is 31.2. The summed E-state index contributed by atoms with van der Waals surface area (Å²) in [6.45, 7) is 1.40. The minimum Gasteiger partial charge on any atom is -0.394 e. The largest absolute Gasteiger partial charge is 0.472 e. The van der Waals surface area contributed by atoms with Crippen LogP contribution >= 0.6 is 7.82 Å². The van der Waals surface area contributed by atoms with Gasteiger partial charge in [0, 0.05) is 6.54 Å². The van der Waals surface area contributed by atoms with Gasteiger partial charge in [0.2, 0.25) is 0 Å². The molecule has 2 unspecified atom stereocenters. The lowest BCUT2D eigenvalue weighted by Crippen LogP contribution is -2.24. The van der Waals surface area contributed by atoms with Crippen molar-refractivity contribution in [2.75, 3.05) is 19.8 Å². The van der Waals surface area contributed by atoms with Crippen molar-refractivity contribution in [2.24, 2.45) is 5.73 Å². The second kappa shape index (κ2) is 21.8. The molecule has 0 fully saturated rings. The number of unbranched alkanes of at least 4 members (excludes halogenated alkanes) is 15. The Morgan fingerprint density at radius 2 is 1.23 bits per heavy atom. The van der Waals surface area contributed by atoms with Gasteiger partial charge in [-0.15, -0.1) is 0 Å². The van der Waals surface area contributed by atoms with E-state index in [0.717, 1.165) is 19.3 Å². The smallest absolute Gasteiger partial charge is 0.394 e. The van der Waals surface area contributed by atoms with Crippen LogP contribution in [0.1, 0.15) is 116 Å². The van der Waals surface area contributed by atoms with E-state index in [0.29, 0.717) is 6.42 Å². The molecule has 0 bridgehead atoms. The third-order valence-electron chi connectivity index (χ3n) is 5.57. The van der Waals surface area contributed by atoms with Crippen molar-refractivity contribution in [1.82, 2.24) is 0 Å². The summed E-state index contributed by atoms with van der Waals surface area (Å²) in [5.41, 5.74) is 5.63. The van der Waals surface area contributed by atoms with E-state index in [1.807, 2.05) is 0 Å². The molecule has 31 heavy (non-hydrogen) atoms. The van der Waals surface area contributed by atoms with Crippen LogP contribution in [0, 0.1) is 0 Å². The molecule has 188 valence electrons. The maximum absolute atomic E-state index is 11.8. The first-order valence-corrected chi connectivity index (χ1v) is 14.1. The number of hydrogen-bond acceptors (Lipinski definition) is 6. The lowest BCUT2D eigenvalue weighted by Gasteiger charge is -2.20. The third kappa shape index (κ3) is 21.6. The molecule has 0 aliphatic carbocycles. The fourth-order valence-corrected chi connectivity index (χ4v) is 4.57. The predicted molar refractivity (Wildman–Crippen MR) is 127 cm³/mol. The van der Waals surface area contributed by atoms with Crippen molar-refractivity contribution in [2.45, 2.75) is 128 Å². The maximum Gasteiger partial charge on any atom is 0.472 e. The highest BCUT2D eigenvalue weighted by Gasteiger charge is 2.26. The van der Waals surface area contributed by atoms with E-state index in [1.165, 1.54) is 83.5 Å². The number of aliphatic hydroxyl groups excluding tert-OH is 2. The molecule has 0 aromatic heterocycles. The Bertz CT molecular complexity index is 427. The fourth-order valence-electron chi connectivity index (χ4n) is 3.59. The van der Waals surface area contributed by atoms with Crippen LogP contribution in [0.15, 0.2) is 0 Å². The Balaban J connectivity index is 3.51. The molecule has 0 rings (SSSR count). The molecule has 0 amide bonds. The fraction of sp³-hybridized carbons (Fsp3) is 1.00. The second-order valence-corrected chi connectivity index (χ2v) is 10.1. The number of hydrogen-bond donors (Lipinski definition) is 4. The van der Waals surface area contributed by atoms with Gasteiger partial charge in [-0.25, -0.2) is 4.57 Å². The zero-order valence-corrected chi connectivity index (χ0v) is 20.8. The minimum atomic E-state index is -4.27. The van der Waals surface area contributed by atoms with Crippen LogP contribution in [0.4, 0.5) is 0 Å². The van der Waals surface area contributed by atoms with Crippen LogP contribution in [0.3, 0.4) is 0 Å². The summed E-state index contributed by atoms with van der Waals surface area (Å²) < 4.78 is 21.6. The summed E-state index contributed by atoms with van der Waals surface area (Å²) in [6.07, 6.45) is 19.6. The first-order valence-electron chi connectivity index (χ1n) is 12.6. The van der Waals surface area contributed by atoms with Crippen molar-refractivity contribution in [3.8, 4) is 0 Å². The van der Waals surface area contributed by atoms with E-state index in [9.17, 15) is 14.6 Å². The zero-order valence-electron chi connectivity index (χ0n) is 19.9. The first kappa shape index (κ1) is 31.0. The Kier molecular flexibility index (Phi) is 21.8. The summed E-state index contributed by atoms with van der Waals surface area (Å²) in [6, 6.07) is 0. The summed E-state index contributed by atoms with van der Waals surface area (Å²) in [5.74, 6) is 0. The predicted octanol–water partition coefficient (Wildman–Crippen LogP) is 5.45. The Hall–Kier alpha value is -0.0100. The van der Waals surface area contributed by atoms with E-state index in [-0.39, 0.29) is 6.54 Å². The monoisotopic (exact) mass is 467 g/mol. The van der Waals surface area contributed by atoms with Gasteiger partial charge in [0.05, 0.1) is 19.3 Å². The van der Waals surface area contributed by atoms with Crippen molar-refractivity contribution >= 4 is 7.82 Å². The maximum atomic E-state index is 11.8. The standard InChI is InChI=1S/C23H50NO6P/c1-2-3-4-5-6-7-8-9-10-11-12-13-14-15-16-17-18-23(19-24)30-31(27,28)29-21-22(26)20-25/h22-23,25-26H,2-21,24H2,1H3,(H,27,28)/t22-,23?/m1/s1. The van der Waals surface area contributed by atoms with E-state index >= 15 is 0 Å². The molecule has 0 aliphatic heterocycles. The van der Waals surface area contributed by atoms with Gasteiger partial charge in [-0.2, -0.15) is 0 Å². The molecule has 8 heteroatoms. The van der Waals surface area contributed by atoms with Crippen LogP contribution in [-0.2, 0) is 13.6 Å². The molecule has 5 N–H and O–H groups in total. The van der Waals surface area contributed by atoms with E-state index in [4.69, 9.17) is 15.4 Å². The number of rotatable bonds is 24. The Morgan fingerprint density at radius 3 is 1.61 bits per heavy atom. The van der Waals surface area contributed by atoms with Crippen LogP contribution in [0.2, 0.25) is 0 Å². The summed E-state index contributed by atoms with van der Waals surface area (Å²) in [4.78, 5) is 9.66. The third-order valence-corrected chi connectivity index (χ3v) is 6.61. The quantitative estimate of drug-likeness (QED) is 0.110. The van der Waals surface area contributed by atoms with Gasteiger partial charge in [-0.1, -0.05) is 110 Å². The van der Waals surface area contributed by atoms with E-state index < -0.39 is 33.2 Å². The number of nitrogens with two attached hydrogens (primary N) is 1. The van der Waals surface area contributed by atoms with Gasteiger partial charge < -0.3 is 20.8 Å². The topological polar surface area (TPSA) is 122 Å². The molecule has 0 radical (unpaired) electrons. The summed E-state index contributed by atoms with van der Waals surface area (Å²) >= 11 is 0. The first-order chi connectivity index (χ1) is 14.9. The molecular weight excluding hydrogens is 417 g/mol. The summed E-state index contributed by atoms with van der Waals surface area (Å²) in [7, 11) is -4.27. The normalized spacial score (nSPS) is 15.6. The summed E-state index contributed by atoms with van der Waals surface area (Å²) in [5, 5.41) is 17.9. The average Bonchev–Trinajstić information content (AvgIpc) is 2.76. The van der Waals surface area contributed by atoms with Crippen molar-refractivity contribution in [3.05, 3.63) is 0 Å². The lowest BCUT2D eigenvalue weighted by atomic mass is 10.0. The van der Waals surface area contributed by atoms with Gasteiger partial charge in [0.25, 0.3) is 0 Å². The molecule has 0 aliphatic rings. The molecule has 0 saturated heterocycles. The van der Waals surface area contributed by atoms with E-state index in [1.54, 1.807) is 0 Å². The number of aliphatic hydroxyl groups is 2. The molecule has 3 atom stereocenters. The van der Waals surface area contributed by atoms with Gasteiger partial charge in [0.15, 0.2) is 0 Å². The zero-order chi connectivity index (χ0) is 23.2. The van der Waals surface area contributed by atoms with Gasteiger partial charge in [-0.05, 0) is 6.42 Å². The second-order valence-electron chi connectivity index (χ2n) is 8.66. The average molecular weight is 468 g/mol. The minimum absolute atomic E-state index is 0.134. The van der Waals surface area contributed by atoms with Crippen LogP contribution < -0.4 is 5.73 Å². The highest BCUT2D eigenvalue weighted by molar-refractivity contribution is 7.47. The van der Waals surface area contributed by atoms with Gasteiger partial charge >= 0.3 is 7.82 Å². The molecule has 0 spiro atoms. The SMILES string of the molecule is CCCCCCCCCCCCCCCCCCC(CN)OP(=O)(O)OC[C@H](O)CO. The Labute approximate surface area is 190 Å². The van der Waals surface area contributed by atoms with Crippen LogP contribution in [-0.4, -0.2) is 47.1 Å².